The topological polar surface area (TPSA) is 29.3 Å². The van der Waals surface area contributed by atoms with E-state index in [0.29, 0.717) is 5.41 Å². The van der Waals surface area contributed by atoms with Gasteiger partial charge >= 0.3 is 0 Å². The van der Waals surface area contributed by atoms with E-state index in [2.05, 4.69) is 36.4 Å². The first-order valence-electron chi connectivity index (χ1n) is 7.04. The Morgan fingerprint density at radius 2 is 2.17 bits per heavy atom. The van der Waals surface area contributed by atoms with Crippen LogP contribution in [0.2, 0.25) is 0 Å². The summed E-state index contributed by atoms with van der Waals surface area (Å²) >= 11 is 1.85. The minimum absolute atomic E-state index is 0.374. The Balaban J connectivity index is 1.89. The second-order valence-electron chi connectivity index (χ2n) is 6.14. The highest BCUT2D eigenvalue weighted by Gasteiger charge is 2.33. The van der Waals surface area contributed by atoms with Crippen LogP contribution < -0.4 is 5.73 Å². The van der Waals surface area contributed by atoms with E-state index >= 15 is 0 Å². The SMILES string of the molecule is CC1CCC(CN)(CN(C)Cc2cccs2)CC1. The molecule has 0 radical (unpaired) electrons. The zero-order valence-corrected chi connectivity index (χ0v) is 12.5. The third-order valence-electron chi connectivity index (χ3n) is 4.38. The molecule has 102 valence electrons. The van der Waals surface area contributed by atoms with Crippen LogP contribution in [0.3, 0.4) is 0 Å². The standard InChI is InChI=1S/C15H26N2S/c1-13-5-7-15(11-16,8-6-13)12-17(2)10-14-4-3-9-18-14/h3-4,9,13H,5-8,10-12,16H2,1-2H3. The smallest absolute Gasteiger partial charge is 0.0325 e. The number of rotatable bonds is 5. The molecule has 2 nitrogen and oxygen atoms in total. The Morgan fingerprint density at radius 1 is 1.44 bits per heavy atom. The van der Waals surface area contributed by atoms with Gasteiger partial charge in [0.05, 0.1) is 0 Å². The number of thiophene rings is 1. The van der Waals surface area contributed by atoms with Crippen LogP contribution >= 0.6 is 11.3 Å². The fourth-order valence-corrected chi connectivity index (χ4v) is 3.88. The van der Waals surface area contributed by atoms with Crippen LogP contribution in [-0.4, -0.2) is 25.0 Å². The maximum Gasteiger partial charge on any atom is 0.0325 e. The Bertz CT molecular complexity index is 339. The largest absolute Gasteiger partial charge is 0.330 e. The molecule has 1 aliphatic rings. The van der Waals surface area contributed by atoms with Crippen molar-refractivity contribution in [2.45, 2.75) is 39.2 Å². The molecule has 0 amide bonds. The van der Waals surface area contributed by atoms with Crippen LogP contribution in [-0.2, 0) is 6.54 Å². The molecule has 2 rings (SSSR count). The second kappa shape index (κ2) is 6.18. The molecule has 2 N–H and O–H groups in total. The van der Waals surface area contributed by atoms with Gasteiger partial charge in [0.25, 0.3) is 0 Å². The van der Waals surface area contributed by atoms with Crippen LogP contribution in [0.1, 0.15) is 37.5 Å². The van der Waals surface area contributed by atoms with E-state index in [1.807, 2.05) is 11.3 Å². The van der Waals surface area contributed by atoms with Crippen molar-refractivity contribution >= 4 is 11.3 Å². The highest BCUT2D eigenvalue weighted by atomic mass is 32.1. The maximum atomic E-state index is 6.08. The third-order valence-corrected chi connectivity index (χ3v) is 5.24. The molecule has 1 saturated carbocycles. The summed E-state index contributed by atoms with van der Waals surface area (Å²) in [6.45, 7) is 5.42. The van der Waals surface area contributed by atoms with Crippen molar-refractivity contribution in [1.82, 2.24) is 4.90 Å². The van der Waals surface area contributed by atoms with Crippen LogP contribution in [0, 0.1) is 11.3 Å². The van der Waals surface area contributed by atoms with E-state index in [1.54, 1.807) is 0 Å². The lowest BCUT2D eigenvalue weighted by Crippen LogP contribution is -2.43. The van der Waals surface area contributed by atoms with Crippen molar-refractivity contribution in [3.8, 4) is 0 Å². The summed E-state index contributed by atoms with van der Waals surface area (Å²) in [4.78, 5) is 3.91. The molecular formula is C15H26N2S. The Labute approximate surface area is 115 Å². The summed E-state index contributed by atoms with van der Waals surface area (Å²) in [6.07, 6.45) is 5.31. The predicted octanol–water partition coefficient (Wildman–Crippen LogP) is 3.34. The van der Waals surface area contributed by atoms with E-state index in [-0.39, 0.29) is 0 Å². The summed E-state index contributed by atoms with van der Waals surface area (Å²) in [5, 5.41) is 2.16. The maximum absolute atomic E-state index is 6.08. The fraction of sp³-hybridized carbons (Fsp3) is 0.733. The monoisotopic (exact) mass is 266 g/mol. The molecule has 0 saturated heterocycles. The summed E-state index contributed by atoms with van der Waals surface area (Å²) < 4.78 is 0. The van der Waals surface area contributed by atoms with Gasteiger partial charge in [0.1, 0.15) is 0 Å². The molecule has 1 aliphatic carbocycles. The van der Waals surface area contributed by atoms with Crippen LogP contribution in [0.15, 0.2) is 17.5 Å². The molecule has 1 aromatic heterocycles. The van der Waals surface area contributed by atoms with Gasteiger partial charge in [-0.05, 0) is 49.2 Å². The molecule has 0 atom stereocenters. The number of hydrogen-bond donors (Lipinski definition) is 1. The Hall–Kier alpha value is -0.380. The predicted molar refractivity (Wildman–Crippen MR) is 79.8 cm³/mol. The molecule has 1 fully saturated rings. The minimum atomic E-state index is 0.374. The van der Waals surface area contributed by atoms with E-state index in [4.69, 9.17) is 5.73 Å². The lowest BCUT2D eigenvalue weighted by atomic mass is 9.70. The number of nitrogens with two attached hydrogens (primary N) is 1. The zero-order valence-electron chi connectivity index (χ0n) is 11.7. The van der Waals surface area contributed by atoms with Gasteiger partial charge in [0, 0.05) is 18.0 Å². The lowest BCUT2D eigenvalue weighted by molar-refractivity contribution is 0.106. The van der Waals surface area contributed by atoms with Gasteiger partial charge in [-0.3, -0.25) is 0 Å². The van der Waals surface area contributed by atoms with Crippen molar-refractivity contribution in [3.05, 3.63) is 22.4 Å². The van der Waals surface area contributed by atoms with Gasteiger partial charge < -0.3 is 10.6 Å². The fourth-order valence-electron chi connectivity index (χ4n) is 3.10. The van der Waals surface area contributed by atoms with Gasteiger partial charge in [-0.15, -0.1) is 11.3 Å². The molecule has 0 aromatic carbocycles. The lowest BCUT2D eigenvalue weighted by Gasteiger charge is -2.41. The molecule has 0 bridgehead atoms. The van der Waals surface area contributed by atoms with Crippen molar-refractivity contribution in [3.63, 3.8) is 0 Å². The van der Waals surface area contributed by atoms with E-state index < -0.39 is 0 Å². The molecule has 0 spiro atoms. The molecule has 1 heterocycles. The van der Waals surface area contributed by atoms with Gasteiger partial charge in [0.2, 0.25) is 0 Å². The van der Waals surface area contributed by atoms with Gasteiger partial charge in [0.15, 0.2) is 0 Å². The van der Waals surface area contributed by atoms with Crippen molar-refractivity contribution in [1.29, 1.82) is 0 Å². The number of hydrogen-bond acceptors (Lipinski definition) is 3. The second-order valence-corrected chi connectivity index (χ2v) is 7.17. The third kappa shape index (κ3) is 3.56. The number of nitrogens with zero attached hydrogens (tertiary/aromatic N) is 1. The van der Waals surface area contributed by atoms with Crippen molar-refractivity contribution in [2.75, 3.05) is 20.1 Å². The first-order chi connectivity index (χ1) is 8.63. The highest BCUT2D eigenvalue weighted by Crippen LogP contribution is 2.38. The highest BCUT2D eigenvalue weighted by molar-refractivity contribution is 7.09. The zero-order chi connectivity index (χ0) is 13.0. The molecule has 3 heteroatoms. The van der Waals surface area contributed by atoms with Crippen LogP contribution in [0.4, 0.5) is 0 Å². The first kappa shape index (κ1) is 14.0. The van der Waals surface area contributed by atoms with Crippen LogP contribution in [0.25, 0.3) is 0 Å². The Morgan fingerprint density at radius 3 is 2.72 bits per heavy atom. The van der Waals surface area contributed by atoms with E-state index in [0.717, 1.165) is 25.6 Å². The van der Waals surface area contributed by atoms with Crippen LogP contribution in [0.5, 0.6) is 0 Å². The first-order valence-corrected chi connectivity index (χ1v) is 7.92. The summed E-state index contributed by atoms with van der Waals surface area (Å²) in [5.41, 5.74) is 6.45. The van der Waals surface area contributed by atoms with Gasteiger partial charge in [-0.25, -0.2) is 0 Å². The molecule has 18 heavy (non-hydrogen) atoms. The van der Waals surface area contributed by atoms with E-state index in [9.17, 15) is 0 Å². The summed E-state index contributed by atoms with van der Waals surface area (Å²) in [7, 11) is 2.23. The minimum Gasteiger partial charge on any atom is -0.330 e. The van der Waals surface area contributed by atoms with Crippen molar-refractivity contribution < 1.29 is 0 Å². The average molecular weight is 266 g/mol. The normalized spacial score (nSPS) is 28.8. The molecule has 1 aromatic rings. The molecular weight excluding hydrogens is 240 g/mol. The summed E-state index contributed by atoms with van der Waals surface area (Å²) in [6, 6.07) is 4.36. The van der Waals surface area contributed by atoms with Gasteiger partial charge in [-0.1, -0.05) is 25.8 Å². The molecule has 0 unspecified atom stereocenters. The molecule has 0 aliphatic heterocycles. The summed E-state index contributed by atoms with van der Waals surface area (Å²) in [5.74, 6) is 0.896. The Kier molecular flexibility index (Phi) is 4.82. The quantitative estimate of drug-likeness (QED) is 0.885. The van der Waals surface area contributed by atoms with E-state index in [1.165, 1.54) is 30.6 Å². The van der Waals surface area contributed by atoms with Gasteiger partial charge in [-0.2, -0.15) is 0 Å². The average Bonchev–Trinajstić information content (AvgIpc) is 2.85. The van der Waals surface area contributed by atoms with Crippen molar-refractivity contribution in [2.24, 2.45) is 17.1 Å².